The summed E-state index contributed by atoms with van der Waals surface area (Å²) in [5.41, 5.74) is 6.00. The molecule has 0 aliphatic rings. The molecule has 0 heterocycles. The van der Waals surface area contributed by atoms with Gasteiger partial charge in [-0.25, -0.2) is 0 Å². The molecule has 0 saturated carbocycles. The number of rotatable bonds is 3. The SMILES string of the molecule is CCCNC(N)C(C)(C)C. The largest absolute Gasteiger partial charge is 0.315 e. The minimum atomic E-state index is 0.118. The Labute approximate surface area is 64.2 Å². The molecular formula is C8H20N2. The summed E-state index contributed by atoms with van der Waals surface area (Å²) >= 11 is 0. The van der Waals surface area contributed by atoms with Gasteiger partial charge < -0.3 is 11.1 Å². The zero-order valence-electron chi connectivity index (χ0n) is 7.57. The van der Waals surface area contributed by atoms with Gasteiger partial charge in [0, 0.05) is 0 Å². The fraction of sp³-hybridized carbons (Fsp3) is 1.00. The highest BCUT2D eigenvalue weighted by atomic mass is 15.0. The average molecular weight is 144 g/mol. The monoisotopic (exact) mass is 144 g/mol. The molecule has 0 aromatic heterocycles. The van der Waals surface area contributed by atoms with E-state index in [9.17, 15) is 0 Å². The van der Waals surface area contributed by atoms with E-state index in [4.69, 9.17) is 5.73 Å². The van der Waals surface area contributed by atoms with Gasteiger partial charge in [0.2, 0.25) is 0 Å². The van der Waals surface area contributed by atoms with Crippen LogP contribution in [0.1, 0.15) is 34.1 Å². The Morgan fingerprint density at radius 3 is 2.20 bits per heavy atom. The summed E-state index contributed by atoms with van der Waals surface area (Å²) < 4.78 is 0. The molecule has 0 radical (unpaired) electrons. The van der Waals surface area contributed by atoms with Crippen molar-refractivity contribution in [2.75, 3.05) is 6.54 Å². The maximum Gasteiger partial charge on any atom is 0.0596 e. The van der Waals surface area contributed by atoms with Gasteiger partial charge in [-0.1, -0.05) is 27.7 Å². The van der Waals surface area contributed by atoms with Gasteiger partial charge in [0.25, 0.3) is 0 Å². The third-order valence-electron chi connectivity index (χ3n) is 1.55. The summed E-state index contributed by atoms with van der Waals surface area (Å²) in [7, 11) is 0. The Hall–Kier alpha value is -0.0800. The third kappa shape index (κ3) is 3.85. The van der Waals surface area contributed by atoms with Gasteiger partial charge in [0.15, 0.2) is 0 Å². The summed E-state index contributed by atoms with van der Waals surface area (Å²) in [4.78, 5) is 0. The fourth-order valence-electron chi connectivity index (χ4n) is 0.606. The first-order chi connectivity index (χ1) is 4.48. The van der Waals surface area contributed by atoms with Gasteiger partial charge in [-0.15, -0.1) is 0 Å². The molecule has 0 saturated heterocycles. The maximum absolute atomic E-state index is 5.83. The lowest BCUT2D eigenvalue weighted by molar-refractivity contribution is 0.275. The highest BCUT2D eigenvalue weighted by Gasteiger charge is 2.18. The Kier molecular flexibility index (Phi) is 3.91. The van der Waals surface area contributed by atoms with Crippen LogP contribution in [0.2, 0.25) is 0 Å². The molecule has 0 amide bonds. The molecule has 2 heteroatoms. The second-order valence-corrected chi connectivity index (χ2v) is 3.80. The van der Waals surface area contributed by atoms with E-state index in [1.807, 2.05) is 0 Å². The van der Waals surface area contributed by atoms with Gasteiger partial charge in [-0.05, 0) is 18.4 Å². The highest BCUT2D eigenvalue weighted by molar-refractivity contribution is 4.73. The standard InChI is InChI=1S/C8H20N2/c1-5-6-10-7(9)8(2,3)4/h7,10H,5-6,9H2,1-4H3. The van der Waals surface area contributed by atoms with E-state index in [0.29, 0.717) is 0 Å². The zero-order chi connectivity index (χ0) is 8.20. The number of nitrogens with one attached hydrogen (secondary N) is 1. The van der Waals surface area contributed by atoms with Crippen LogP contribution in [0.25, 0.3) is 0 Å². The zero-order valence-corrected chi connectivity index (χ0v) is 7.57. The summed E-state index contributed by atoms with van der Waals surface area (Å²) in [5, 5.41) is 3.25. The lowest BCUT2D eigenvalue weighted by Gasteiger charge is -2.27. The second kappa shape index (κ2) is 3.94. The number of hydrogen-bond acceptors (Lipinski definition) is 2. The van der Waals surface area contributed by atoms with Gasteiger partial charge in [0.1, 0.15) is 0 Å². The molecule has 0 bridgehead atoms. The van der Waals surface area contributed by atoms with E-state index in [1.165, 1.54) is 0 Å². The van der Waals surface area contributed by atoms with Gasteiger partial charge in [-0.3, -0.25) is 0 Å². The van der Waals surface area contributed by atoms with E-state index < -0.39 is 0 Å². The van der Waals surface area contributed by atoms with E-state index in [1.54, 1.807) is 0 Å². The predicted octanol–water partition coefficient (Wildman–Crippen LogP) is 1.32. The van der Waals surface area contributed by atoms with Crippen molar-refractivity contribution in [2.45, 2.75) is 40.3 Å². The molecule has 2 nitrogen and oxygen atoms in total. The second-order valence-electron chi connectivity index (χ2n) is 3.80. The molecule has 62 valence electrons. The molecule has 1 atom stereocenters. The smallest absolute Gasteiger partial charge is 0.0596 e. The maximum atomic E-state index is 5.83. The molecule has 3 N–H and O–H groups in total. The summed E-state index contributed by atoms with van der Waals surface area (Å²) in [6.07, 6.45) is 1.26. The third-order valence-corrected chi connectivity index (χ3v) is 1.55. The van der Waals surface area contributed by atoms with Crippen molar-refractivity contribution in [2.24, 2.45) is 11.1 Å². The molecular weight excluding hydrogens is 124 g/mol. The lowest BCUT2D eigenvalue weighted by atomic mass is 9.93. The molecule has 0 spiro atoms. The molecule has 1 unspecified atom stereocenters. The van der Waals surface area contributed by atoms with E-state index in [2.05, 4.69) is 33.0 Å². The predicted molar refractivity (Wildman–Crippen MR) is 45.7 cm³/mol. The van der Waals surface area contributed by atoms with Crippen LogP contribution in [-0.2, 0) is 0 Å². The molecule has 0 aliphatic heterocycles. The topological polar surface area (TPSA) is 38.0 Å². The van der Waals surface area contributed by atoms with Gasteiger partial charge in [0.05, 0.1) is 6.17 Å². The van der Waals surface area contributed by atoms with Crippen LogP contribution in [0.3, 0.4) is 0 Å². The first-order valence-electron chi connectivity index (χ1n) is 3.97. The summed E-state index contributed by atoms with van der Waals surface area (Å²) in [5.74, 6) is 0. The fourth-order valence-corrected chi connectivity index (χ4v) is 0.606. The summed E-state index contributed by atoms with van der Waals surface area (Å²) in [6, 6.07) is 0. The molecule has 0 aromatic rings. The van der Waals surface area contributed by atoms with E-state index in [-0.39, 0.29) is 11.6 Å². The van der Waals surface area contributed by atoms with Crippen LogP contribution in [0.15, 0.2) is 0 Å². The van der Waals surface area contributed by atoms with Crippen LogP contribution < -0.4 is 11.1 Å². The van der Waals surface area contributed by atoms with Gasteiger partial charge >= 0.3 is 0 Å². The quantitative estimate of drug-likeness (QED) is 0.586. The van der Waals surface area contributed by atoms with Crippen LogP contribution >= 0.6 is 0 Å². The van der Waals surface area contributed by atoms with Crippen molar-refractivity contribution in [3.05, 3.63) is 0 Å². The normalized spacial score (nSPS) is 15.3. The van der Waals surface area contributed by atoms with Crippen molar-refractivity contribution >= 4 is 0 Å². The number of hydrogen-bond donors (Lipinski definition) is 2. The molecule has 0 aliphatic carbocycles. The summed E-state index contributed by atoms with van der Waals surface area (Å²) in [6.45, 7) is 9.57. The highest BCUT2D eigenvalue weighted by Crippen LogP contribution is 2.14. The lowest BCUT2D eigenvalue weighted by Crippen LogP contribution is -2.47. The number of nitrogens with two attached hydrogens (primary N) is 1. The first-order valence-corrected chi connectivity index (χ1v) is 3.97. The van der Waals surface area contributed by atoms with E-state index >= 15 is 0 Å². The molecule has 0 aromatic carbocycles. The van der Waals surface area contributed by atoms with Crippen LogP contribution in [0, 0.1) is 5.41 Å². The molecule has 0 fully saturated rings. The van der Waals surface area contributed by atoms with E-state index in [0.717, 1.165) is 13.0 Å². The Morgan fingerprint density at radius 1 is 1.40 bits per heavy atom. The van der Waals surface area contributed by atoms with Gasteiger partial charge in [-0.2, -0.15) is 0 Å². The molecule has 10 heavy (non-hydrogen) atoms. The van der Waals surface area contributed by atoms with Crippen molar-refractivity contribution in [3.63, 3.8) is 0 Å². The molecule has 0 rings (SSSR count). The van der Waals surface area contributed by atoms with Crippen molar-refractivity contribution in [1.29, 1.82) is 0 Å². The van der Waals surface area contributed by atoms with Crippen LogP contribution in [0.4, 0.5) is 0 Å². The Balaban J connectivity index is 3.52. The Bertz CT molecular complexity index is 83.7. The average Bonchev–Trinajstić information content (AvgIpc) is 1.80. The minimum absolute atomic E-state index is 0.118. The Morgan fingerprint density at radius 2 is 1.90 bits per heavy atom. The van der Waals surface area contributed by atoms with Crippen LogP contribution in [0.5, 0.6) is 0 Å². The van der Waals surface area contributed by atoms with Crippen molar-refractivity contribution in [1.82, 2.24) is 5.32 Å². The van der Waals surface area contributed by atoms with Crippen molar-refractivity contribution < 1.29 is 0 Å². The minimum Gasteiger partial charge on any atom is -0.315 e. The first kappa shape index (κ1) is 9.92. The van der Waals surface area contributed by atoms with Crippen LogP contribution in [-0.4, -0.2) is 12.7 Å². The van der Waals surface area contributed by atoms with Crippen molar-refractivity contribution in [3.8, 4) is 0 Å².